The molecular weight excluding hydrogens is 375 g/mol. The molecule has 0 bridgehead atoms. The van der Waals surface area contributed by atoms with Gasteiger partial charge in [0, 0.05) is 5.56 Å². The van der Waals surface area contributed by atoms with Crippen LogP contribution < -0.4 is 4.74 Å². The van der Waals surface area contributed by atoms with Gasteiger partial charge in [0.2, 0.25) is 0 Å². The van der Waals surface area contributed by atoms with Crippen LogP contribution >= 0.6 is 23.2 Å². The number of aliphatic carboxylic acids is 1. The van der Waals surface area contributed by atoms with Crippen LogP contribution in [0.3, 0.4) is 0 Å². The Morgan fingerprint density at radius 1 is 1.23 bits per heavy atom. The summed E-state index contributed by atoms with van der Waals surface area (Å²) < 4.78 is 5.25. The van der Waals surface area contributed by atoms with Crippen LogP contribution in [-0.2, 0) is 16.6 Å². The van der Waals surface area contributed by atoms with Crippen LogP contribution in [0.4, 0.5) is 0 Å². The van der Waals surface area contributed by atoms with E-state index in [-0.39, 0.29) is 21.6 Å². The number of ether oxygens (including phenoxy) is 1. The standard InChI is InChI=1S/C20H18Cl2O4/c1-2-8-20(13-6-4-3-5-7-13)10-12-9-14(26-11-15(23)24)17(21)18(22)16(12)19(20)25/h3-7,9H,2,8,10-11H2,1H3,(H,23,24). The highest BCUT2D eigenvalue weighted by molar-refractivity contribution is 6.45. The number of carbonyl (C=O) groups is 2. The molecule has 0 aliphatic heterocycles. The molecule has 0 spiro atoms. The van der Waals surface area contributed by atoms with E-state index >= 15 is 0 Å². The fourth-order valence-corrected chi connectivity index (χ4v) is 4.19. The predicted octanol–water partition coefficient (Wildman–Crippen LogP) is 4.93. The first-order valence-corrected chi connectivity index (χ1v) is 9.12. The lowest BCUT2D eigenvalue weighted by molar-refractivity contribution is -0.139. The number of carboxylic acids is 1. The number of carboxylic acid groups (broad SMARTS) is 1. The van der Waals surface area contributed by atoms with Crippen molar-refractivity contribution in [3.63, 3.8) is 0 Å². The van der Waals surface area contributed by atoms with Gasteiger partial charge in [-0.25, -0.2) is 4.79 Å². The summed E-state index contributed by atoms with van der Waals surface area (Å²) in [5, 5.41) is 9.02. The molecule has 0 saturated carbocycles. The van der Waals surface area contributed by atoms with Crippen LogP contribution in [0.5, 0.6) is 5.75 Å². The zero-order valence-corrected chi connectivity index (χ0v) is 15.7. The van der Waals surface area contributed by atoms with E-state index in [1.165, 1.54) is 0 Å². The number of ketones is 1. The SMILES string of the molecule is CCCC1(c2ccccc2)Cc2cc(OCC(=O)O)c(Cl)c(Cl)c2C1=O. The van der Waals surface area contributed by atoms with Crippen molar-refractivity contribution in [2.75, 3.05) is 6.61 Å². The van der Waals surface area contributed by atoms with Gasteiger partial charge in [-0.05, 0) is 30.0 Å². The molecule has 0 saturated heterocycles. The number of halogens is 2. The Morgan fingerprint density at radius 3 is 2.54 bits per heavy atom. The molecule has 0 heterocycles. The zero-order valence-electron chi connectivity index (χ0n) is 14.2. The van der Waals surface area contributed by atoms with E-state index in [0.29, 0.717) is 18.4 Å². The highest BCUT2D eigenvalue weighted by Gasteiger charge is 2.47. The van der Waals surface area contributed by atoms with E-state index < -0.39 is 18.0 Å². The van der Waals surface area contributed by atoms with E-state index in [9.17, 15) is 9.59 Å². The van der Waals surface area contributed by atoms with Gasteiger partial charge in [-0.1, -0.05) is 66.9 Å². The topological polar surface area (TPSA) is 63.6 Å². The summed E-state index contributed by atoms with van der Waals surface area (Å²) in [6.07, 6.45) is 2.01. The van der Waals surface area contributed by atoms with Crippen molar-refractivity contribution < 1.29 is 19.4 Å². The summed E-state index contributed by atoms with van der Waals surface area (Å²) in [7, 11) is 0. The maximum Gasteiger partial charge on any atom is 0.341 e. The van der Waals surface area contributed by atoms with Gasteiger partial charge in [-0.3, -0.25) is 4.79 Å². The predicted molar refractivity (Wildman–Crippen MR) is 101 cm³/mol. The average molecular weight is 393 g/mol. The van der Waals surface area contributed by atoms with E-state index in [0.717, 1.165) is 17.5 Å². The molecule has 1 aliphatic rings. The maximum absolute atomic E-state index is 13.4. The molecule has 4 nitrogen and oxygen atoms in total. The monoisotopic (exact) mass is 392 g/mol. The van der Waals surface area contributed by atoms with Crippen LogP contribution in [0.1, 0.15) is 41.3 Å². The van der Waals surface area contributed by atoms with Gasteiger partial charge < -0.3 is 9.84 Å². The minimum atomic E-state index is -1.11. The normalized spacial score (nSPS) is 18.7. The lowest BCUT2D eigenvalue weighted by Crippen LogP contribution is -2.33. The molecule has 0 amide bonds. The van der Waals surface area contributed by atoms with Crippen molar-refractivity contribution in [1.82, 2.24) is 0 Å². The molecule has 1 unspecified atom stereocenters. The largest absolute Gasteiger partial charge is 0.480 e. The third kappa shape index (κ3) is 3.08. The smallest absolute Gasteiger partial charge is 0.341 e. The molecule has 3 rings (SSSR count). The van der Waals surface area contributed by atoms with Gasteiger partial charge in [0.05, 0.1) is 10.4 Å². The highest BCUT2D eigenvalue weighted by atomic mass is 35.5. The van der Waals surface area contributed by atoms with Crippen molar-refractivity contribution in [2.24, 2.45) is 0 Å². The Bertz CT molecular complexity index is 864. The molecule has 0 aromatic heterocycles. The lowest BCUT2D eigenvalue weighted by Gasteiger charge is -2.27. The van der Waals surface area contributed by atoms with Crippen molar-refractivity contribution in [3.05, 3.63) is 63.1 Å². The van der Waals surface area contributed by atoms with E-state index in [1.807, 2.05) is 37.3 Å². The Balaban J connectivity index is 2.10. The second kappa shape index (κ2) is 7.29. The maximum atomic E-state index is 13.4. The number of benzene rings is 2. The average Bonchev–Trinajstić information content (AvgIpc) is 2.91. The van der Waals surface area contributed by atoms with Gasteiger partial charge in [-0.2, -0.15) is 0 Å². The first kappa shape index (κ1) is 18.7. The van der Waals surface area contributed by atoms with E-state index in [2.05, 4.69) is 0 Å². The number of Topliss-reactive ketones (excluding diaryl/α,β-unsaturated/α-hetero) is 1. The Hall–Kier alpha value is -2.04. The third-order valence-corrected chi connectivity index (χ3v) is 5.61. The number of carbonyl (C=O) groups excluding carboxylic acids is 1. The fraction of sp³-hybridized carbons (Fsp3) is 0.300. The minimum Gasteiger partial charge on any atom is -0.480 e. The van der Waals surface area contributed by atoms with Crippen molar-refractivity contribution in [3.8, 4) is 5.75 Å². The van der Waals surface area contributed by atoms with E-state index in [4.69, 9.17) is 33.0 Å². The highest BCUT2D eigenvalue weighted by Crippen LogP contribution is 2.49. The first-order valence-electron chi connectivity index (χ1n) is 8.36. The van der Waals surface area contributed by atoms with Crippen LogP contribution in [-0.4, -0.2) is 23.5 Å². The van der Waals surface area contributed by atoms with Gasteiger partial charge in [0.15, 0.2) is 12.4 Å². The Kier molecular flexibility index (Phi) is 5.26. The second-order valence-electron chi connectivity index (χ2n) is 6.42. The number of fused-ring (bicyclic) bond motifs is 1. The second-order valence-corrected chi connectivity index (χ2v) is 7.18. The summed E-state index contributed by atoms with van der Waals surface area (Å²) in [6, 6.07) is 11.3. The van der Waals surface area contributed by atoms with Crippen molar-refractivity contribution >= 4 is 35.0 Å². The van der Waals surface area contributed by atoms with Crippen molar-refractivity contribution in [1.29, 1.82) is 0 Å². The molecule has 6 heteroatoms. The van der Waals surface area contributed by atoms with Crippen LogP contribution in [0, 0.1) is 0 Å². The van der Waals surface area contributed by atoms with Crippen molar-refractivity contribution in [2.45, 2.75) is 31.6 Å². The molecule has 1 aliphatic carbocycles. The number of hydrogen-bond acceptors (Lipinski definition) is 3. The third-order valence-electron chi connectivity index (χ3n) is 4.76. The number of hydrogen-bond donors (Lipinski definition) is 1. The number of rotatable bonds is 6. The van der Waals surface area contributed by atoms with Crippen LogP contribution in [0.25, 0.3) is 0 Å². The van der Waals surface area contributed by atoms with E-state index in [1.54, 1.807) is 6.07 Å². The summed E-state index contributed by atoms with van der Waals surface area (Å²) in [5.74, 6) is -0.971. The Labute approximate surface area is 161 Å². The molecule has 1 atom stereocenters. The first-order chi connectivity index (χ1) is 12.4. The van der Waals surface area contributed by atoms with Crippen LogP contribution in [0.2, 0.25) is 10.0 Å². The molecule has 136 valence electrons. The molecule has 26 heavy (non-hydrogen) atoms. The summed E-state index contributed by atoms with van der Waals surface area (Å²) in [5.41, 5.74) is 1.42. The minimum absolute atomic E-state index is 0.0442. The molecule has 2 aromatic carbocycles. The Morgan fingerprint density at radius 2 is 1.92 bits per heavy atom. The molecule has 0 radical (unpaired) electrons. The molecule has 2 aromatic rings. The quantitative estimate of drug-likeness (QED) is 0.756. The van der Waals surface area contributed by atoms with Gasteiger partial charge in [0.25, 0.3) is 0 Å². The van der Waals surface area contributed by atoms with Gasteiger partial charge >= 0.3 is 5.97 Å². The van der Waals surface area contributed by atoms with Crippen LogP contribution in [0.15, 0.2) is 36.4 Å². The lowest BCUT2D eigenvalue weighted by atomic mass is 9.73. The van der Waals surface area contributed by atoms with Gasteiger partial charge in [0.1, 0.15) is 10.8 Å². The zero-order chi connectivity index (χ0) is 18.9. The summed E-state index contributed by atoms with van der Waals surface area (Å²) in [4.78, 5) is 24.2. The molecule has 0 fully saturated rings. The molecule has 1 N–H and O–H groups in total. The summed E-state index contributed by atoms with van der Waals surface area (Å²) in [6.45, 7) is 1.51. The van der Waals surface area contributed by atoms with Gasteiger partial charge in [-0.15, -0.1) is 0 Å². The summed E-state index contributed by atoms with van der Waals surface area (Å²) >= 11 is 12.6. The fourth-order valence-electron chi connectivity index (χ4n) is 3.69. The molecular formula is C20H18Cl2O4.